The molecule has 0 spiro atoms. The molecule has 0 aromatic carbocycles. The summed E-state index contributed by atoms with van der Waals surface area (Å²) >= 11 is 0. The molecule has 1 aromatic rings. The van der Waals surface area contributed by atoms with Crippen LogP contribution in [0.1, 0.15) is 19.6 Å². The molecule has 0 aliphatic rings. The highest BCUT2D eigenvalue weighted by Gasteiger charge is 2.11. The van der Waals surface area contributed by atoms with E-state index < -0.39 is 5.97 Å². The highest BCUT2D eigenvalue weighted by Crippen LogP contribution is 2.14. The molecule has 0 radical (unpaired) electrons. The zero-order valence-corrected chi connectivity index (χ0v) is 7.65. The smallest absolute Gasteiger partial charge is 0.331 e. The molecule has 13 heavy (non-hydrogen) atoms. The van der Waals surface area contributed by atoms with Gasteiger partial charge in [-0.3, -0.25) is 0 Å². The molecule has 0 amide bonds. The van der Waals surface area contributed by atoms with E-state index in [1.54, 1.807) is 18.2 Å². The van der Waals surface area contributed by atoms with E-state index in [2.05, 4.69) is 0 Å². The van der Waals surface area contributed by atoms with Crippen molar-refractivity contribution in [1.29, 1.82) is 0 Å². The van der Waals surface area contributed by atoms with Gasteiger partial charge in [-0.25, -0.2) is 4.79 Å². The number of carboxylic acids is 1. The lowest BCUT2D eigenvalue weighted by Crippen LogP contribution is -2.06. The Hall–Kier alpha value is -1.51. The van der Waals surface area contributed by atoms with Crippen molar-refractivity contribution in [2.75, 3.05) is 0 Å². The first-order valence-corrected chi connectivity index (χ1v) is 4.09. The van der Waals surface area contributed by atoms with Gasteiger partial charge in [0.15, 0.2) is 0 Å². The quantitative estimate of drug-likeness (QED) is 0.726. The molecule has 3 nitrogen and oxygen atoms in total. The van der Waals surface area contributed by atoms with E-state index in [-0.39, 0.29) is 5.92 Å². The molecular weight excluding hydrogens is 168 g/mol. The molecule has 0 fully saturated rings. The average molecular weight is 180 g/mol. The summed E-state index contributed by atoms with van der Waals surface area (Å²) in [5.41, 5.74) is 0.356. The van der Waals surface area contributed by atoms with Crippen LogP contribution in [0.5, 0.6) is 0 Å². The molecule has 1 aromatic heterocycles. The predicted octanol–water partition coefficient (Wildman–Crippen LogP) is 2.40. The molecule has 1 N–H and O–H groups in total. The second-order valence-corrected chi connectivity index (χ2v) is 3.07. The summed E-state index contributed by atoms with van der Waals surface area (Å²) in [7, 11) is 0. The SMILES string of the molecule is CC(C)/C(=C/c1ccco1)C(=O)O. The number of carbonyl (C=O) groups is 1. The lowest BCUT2D eigenvalue weighted by Gasteiger charge is -2.04. The van der Waals surface area contributed by atoms with Crippen molar-refractivity contribution in [3.63, 3.8) is 0 Å². The zero-order valence-electron chi connectivity index (χ0n) is 7.65. The normalized spacial score (nSPS) is 12.1. The van der Waals surface area contributed by atoms with E-state index in [0.717, 1.165) is 0 Å². The Bertz CT molecular complexity index is 307. The number of hydrogen-bond donors (Lipinski definition) is 1. The second-order valence-electron chi connectivity index (χ2n) is 3.07. The van der Waals surface area contributed by atoms with E-state index in [4.69, 9.17) is 9.52 Å². The van der Waals surface area contributed by atoms with Crippen LogP contribution in [-0.2, 0) is 4.79 Å². The number of carboxylic acid groups (broad SMARTS) is 1. The minimum Gasteiger partial charge on any atom is -0.478 e. The maximum Gasteiger partial charge on any atom is 0.331 e. The summed E-state index contributed by atoms with van der Waals surface area (Å²) in [6.45, 7) is 3.67. The highest BCUT2D eigenvalue weighted by molar-refractivity contribution is 5.92. The van der Waals surface area contributed by atoms with Crippen molar-refractivity contribution in [2.45, 2.75) is 13.8 Å². The lowest BCUT2D eigenvalue weighted by molar-refractivity contribution is -0.133. The van der Waals surface area contributed by atoms with Crippen molar-refractivity contribution in [3.8, 4) is 0 Å². The van der Waals surface area contributed by atoms with Crippen LogP contribution >= 0.6 is 0 Å². The third-order valence-electron chi connectivity index (χ3n) is 1.71. The van der Waals surface area contributed by atoms with Crippen LogP contribution in [0.4, 0.5) is 0 Å². The highest BCUT2D eigenvalue weighted by atomic mass is 16.4. The summed E-state index contributed by atoms with van der Waals surface area (Å²) in [5.74, 6) is -0.333. The molecule has 0 atom stereocenters. The molecule has 70 valence electrons. The number of aliphatic carboxylic acids is 1. The summed E-state index contributed by atoms with van der Waals surface area (Å²) in [4.78, 5) is 10.8. The Morgan fingerprint density at radius 3 is 2.69 bits per heavy atom. The number of hydrogen-bond acceptors (Lipinski definition) is 2. The Labute approximate surface area is 76.7 Å². The second kappa shape index (κ2) is 3.94. The largest absolute Gasteiger partial charge is 0.478 e. The molecule has 3 heteroatoms. The van der Waals surface area contributed by atoms with Gasteiger partial charge in [0.1, 0.15) is 5.76 Å². The van der Waals surface area contributed by atoms with Crippen molar-refractivity contribution in [1.82, 2.24) is 0 Å². The van der Waals surface area contributed by atoms with Crippen molar-refractivity contribution < 1.29 is 14.3 Å². The zero-order chi connectivity index (χ0) is 9.84. The third-order valence-corrected chi connectivity index (χ3v) is 1.71. The van der Waals surface area contributed by atoms with Gasteiger partial charge in [-0.1, -0.05) is 13.8 Å². The first-order chi connectivity index (χ1) is 6.11. The van der Waals surface area contributed by atoms with E-state index in [9.17, 15) is 4.79 Å². The van der Waals surface area contributed by atoms with Gasteiger partial charge in [0.2, 0.25) is 0 Å². The fourth-order valence-corrected chi connectivity index (χ4v) is 1.00. The van der Waals surface area contributed by atoms with Crippen LogP contribution in [0.3, 0.4) is 0 Å². The van der Waals surface area contributed by atoms with Crippen molar-refractivity contribution in [3.05, 3.63) is 29.7 Å². The van der Waals surface area contributed by atoms with Gasteiger partial charge in [-0.05, 0) is 24.1 Å². The van der Waals surface area contributed by atoms with Gasteiger partial charge in [0.25, 0.3) is 0 Å². The topological polar surface area (TPSA) is 50.4 Å². The molecule has 1 rings (SSSR count). The lowest BCUT2D eigenvalue weighted by atomic mass is 10.0. The Balaban J connectivity index is 2.94. The molecule has 0 saturated carbocycles. The van der Waals surface area contributed by atoms with Gasteiger partial charge in [0, 0.05) is 5.57 Å². The van der Waals surface area contributed by atoms with Gasteiger partial charge in [-0.2, -0.15) is 0 Å². The van der Waals surface area contributed by atoms with Crippen LogP contribution in [0, 0.1) is 5.92 Å². The minimum absolute atomic E-state index is 0.0115. The summed E-state index contributed by atoms with van der Waals surface area (Å²) in [6, 6.07) is 3.46. The number of rotatable bonds is 3. The maximum absolute atomic E-state index is 10.8. The van der Waals surface area contributed by atoms with Gasteiger partial charge >= 0.3 is 5.97 Å². The molecule has 0 bridgehead atoms. The van der Waals surface area contributed by atoms with E-state index in [1.165, 1.54) is 6.26 Å². The van der Waals surface area contributed by atoms with Crippen LogP contribution in [0.25, 0.3) is 6.08 Å². The molecule has 0 aliphatic carbocycles. The van der Waals surface area contributed by atoms with E-state index in [1.807, 2.05) is 13.8 Å². The third kappa shape index (κ3) is 2.47. The predicted molar refractivity (Wildman–Crippen MR) is 49.2 cm³/mol. The fraction of sp³-hybridized carbons (Fsp3) is 0.300. The minimum atomic E-state index is -0.897. The molecule has 0 saturated heterocycles. The Morgan fingerprint density at radius 2 is 2.31 bits per heavy atom. The average Bonchev–Trinajstić information content (AvgIpc) is 2.50. The molecule has 0 unspecified atom stereocenters. The van der Waals surface area contributed by atoms with Gasteiger partial charge < -0.3 is 9.52 Å². The summed E-state index contributed by atoms with van der Waals surface area (Å²) in [5, 5.41) is 8.83. The standard InChI is InChI=1S/C10H12O3/c1-7(2)9(10(11)12)6-8-4-3-5-13-8/h3-7H,1-2H3,(H,11,12)/b9-6-. The van der Waals surface area contributed by atoms with Gasteiger partial charge in [0.05, 0.1) is 6.26 Å². The molecular formula is C10H12O3. The summed E-state index contributed by atoms with van der Waals surface area (Å²) < 4.78 is 5.02. The first-order valence-electron chi connectivity index (χ1n) is 4.09. The molecule has 0 aliphatic heterocycles. The molecule has 1 heterocycles. The van der Waals surface area contributed by atoms with Crippen molar-refractivity contribution in [2.24, 2.45) is 5.92 Å². The van der Waals surface area contributed by atoms with E-state index >= 15 is 0 Å². The monoisotopic (exact) mass is 180 g/mol. The van der Waals surface area contributed by atoms with E-state index in [0.29, 0.717) is 11.3 Å². The fourth-order valence-electron chi connectivity index (χ4n) is 1.00. The first kappa shape index (κ1) is 9.58. The van der Waals surface area contributed by atoms with Crippen LogP contribution in [0.2, 0.25) is 0 Å². The van der Waals surface area contributed by atoms with Gasteiger partial charge in [-0.15, -0.1) is 0 Å². The maximum atomic E-state index is 10.8. The van der Waals surface area contributed by atoms with Crippen LogP contribution in [-0.4, -0.2) is 11.1 Å². The van der Waals surface area contributed by atoms with Crippen LogP contribution in [0.15, 0.2) is 28.4 Å². The van der Waals surface area contributed by atoms with Crippen molar-refractivity contribution >= 4 is 12.0 Å². The Morgan fingerprint density at radius 1 is 1.62 bits per heavy atom. The number of furan rings is 1. The Kier molecular flexibility index (Phi) is 2.90. The summed E-state index contributed by atoms with van der Waals surface area (Å²) in [6.07, 6.45) is 3.07. The van der Waals surface area contributed by atoms with Crippen LogP contribution < -0.4 is 0 Å².